The van der Waals surface area contributed by atoms with Crippen LogP contribution < -0.4 is 5.32 Å². The molecule has 0 atom stereocenters. The average molecular weight is 357 g/mol. The Balaban J connectivity index is 0.00000225. The lowest BCUT2D eigenvalue weighted by atomic mass is 10.1. The van der Waals surface area contributed by atoms with Gasteiger partial charge >= 0.3 is 0 Å². The first kappa shape index (κ1) is 19.2. The van der Waals surface area contributed by atoms with Crippen molar-refractivity contribution in [2.24, 2.45) is 0 Å². The van der Waals surface area contributed by atoms with E-state index in [0.29, 0.717) is 13.1 Å². The highest BCUT2D eigenvalue weighted by Gasteiger charge is 2.16. The van der Waals surface area contributed by atoms with Crippen LogP contribution >= 0.6 is 12.4 Å². The predicted molar refractivity (Wildman–Crippen MR) is 105 cm³/mol. The number of hydrogen-bond donors (Lipinski definition) is 1. The van der Waals surface area contributed by atoms with E-state index < -0.39 is 0 Å². The van der Waals surface area contributed by atoms with Gasteiger partial charge in [0.1, 0.15) is 11.4 Å². The maximum Gasteiger partial charge on any atom is 0.117 e. The van der Waals surface area contributed by atoms with Gasteiger partial charge in [0.05, 0.1) is 6.54 Å². The number of rotatable bonds is 5. The molecular weight excluding hydrogens is 332 g/mol. The Morgan fingerprint density at radius 2 is 1.48 bits per heavy atom. The molecule has 0 aliphatic rings. The van der Waals surface area contributed by atoms with Crippen LogP contribution in [0.4, 0.5) is 0 Å². The summed E-state index contributed by atoms with van der Waals surface area (Å²) in [5, 5.41) is 13.0. The normalized spacial score (nSPS) is 11.2. The van der Waals surface area contributed by atoms with E-state index in [2.05, 4.69) is 50.4 Å². The number of benzene rings is 2. The van der Waals surface area contributed by atoms with E-state index in [1.165, 1.54) is 5.56 Å². The number of hydrogen-bond acceptors (Lipinski definition) is 3. The fourth-order valence-electron chi connectivity index (χ4n) is 2.49. The monoisotopic (exact) mass is 356 g/mol. The zero-order chi connectivity index (χ0) is 17.0. The second kappa shape index (κ2) is 8.28. The van der Waals surface area contributed by atoms with E-state index in [1.54, 1.807) is 4.80 Å². The largest absolute Gasteiger partial charge is 0.306 e. The Morgan fingerprint density at radius 1 is 0.880 bits per heavy atom. The molecule has 4 nitrogen and oxygen atoms in total. The summed E-state index contributed by atoms with van der Waals surface area (Å²) in [5.41, 5.74) is 4.26. The van der Waals surface area contributed by atoms with Crippen LogP contribution in [0.15, 0.2) is 60.7 Å². The number of nitrogens with one attached hydrogen (secondary N) is 1. The van der Waals surface area contributed by atoms with Crippen molar-refractivity contribution < 1.29 is 0 Å². The second-order valence-corrected chi connectivity index (χ2v) is 6.98. The molecule has 3 rings (SSSR count). The zero-order valence-corrected chi connectivity index (χ0v) is 15.8. The van der Waals surface area contributed by atoms with Crippen LogP contribution in [0.3, 0.4) is 0 Å². The van der Waals surface area contributed by atoms with E-state index in [1.807, 2.05) is 36.4 Å². The van der Waals surface area contributed by atoms with Gasteiger partial charge in [0, 0.05) is 17.6 Å². The fourth-order valence-corrected chi connectivity index (χ4v) is 2.49. The van der Waals surface area contributed by atoms with Crippen molar-refractivity contribution in [3.63, 3.8) is 0 Å². The highest BCUT2D eigenvalue weighted by molar-refractivity contribution is 5.85. The van der Waals surface area contributed by atoms with E-state index in [0.717, 1.165) is 17.0 Å². The van der Waals surface area contributed by atoms with Crippen molar-refractivity contribution in [3.8, 4) is 11.3 Å². The molecule has 0 aliphatic heterocycles. The third-order valence-corrected chi connectivity index (χ3v) is 3.73. The van der Waals surface area contributed by atoms with Gasteiger partial charge in [0.2, 0.25) is 0 Å². The maximum atomic E-state index is 4.74. The Morgan fingerprint density at radius 3 is 2.08 bits per heavy atom. The third kappa shape index (κ3) is 5.41. The summed E-state index contributed by atoms with van der Waals surface area (Å²) >= 11 is 0. The predicted octanol–water partition coefficient (Wildman–Crippen LogP) is 4.30. The van der Waals surface area contributed by atoms with Gasteiger partial charge in [-0.25, -0.2) is 0 Å². The fraction of sp³-hybridized carbons (Fsp3) is 0.300. The summed E-state index contributed by atoms with van der Waals surface area (Å²) in [7, 11) is 0. The summed E-state index contributed by atoms with van der Waals surface area (Å²) in [6.45, 7) is 7.84. The number of aromatic nitrogens is 3. The van der Waals surface area contributed by atoms with Crippen LogP contribution in [0, 0.1) is 0 Å². The lowest BCUT2D eigenvalue weighted by Gasteiger charge is -2.19. The summed E-state index contributed by atoms with van der Waals surface area (Å²) < 4.78 is 0. The quantitative estimate of drug-likeness (QED) is 0.741. The topological polar surface area (TPSA) is 42.7 Å². The molecule has 1 N–H and O–H groups in total. The lowest BCUT2D eigenvalue weighted by Crippen LogP contribution is -2.35. The highest BCUT2D eigenvalue weighted by atomic mass is 35.5. The Kier molecular flexibility index (Phi) is 6.34. The summed E-state index contributed by atoms with van der Waals surface area (Å²) in [5.74, 6) is 0. The maximum absolute atomic E-state index is 4.74. The second-order valence-electron chi connectivity index (χ2n) is 6.98. The molecule has 3 aromatic rings. The summed E-state index contributed by atoms with van der Waals surface area (Å²) in [6.07, 6.45) is 0. The van der Waals surface area contributed by atoms with Crippen LogP contribution in [0.1, 0.15) is 32.0 Å². The molecule has 1 aromatic heterocycles. The van der Waals surface area contributed by atoms with Crippen LogP contribution in [-0.4, -0.2) is 20.5 Å². The molecule has 1 heterocycles. The van der Waals surface area contributed by atoms with Gasteiger partial charge in [-0.3, -0.25) is 0 Å². The summed E-state index contributed by atoms with van der Waals surface area (Å²) in [4.78, 5) is 1.79. The van der Waals surface area contributed by atoms with E-state index in [4.69, 9.17) is 10.2 Å². The first-order chi connectivity index (χ1) is 11.5. The molecule has 0 fully saturated rings. The molecule has 25 heavy (non-hydrogen) atoms. The minimum atomic E-state index is 0. The van der Waals surface area contributed by atoms with Gasteiger partial charge in [-0.15, -0.1) is 12.4 Å². The Bertz CT molecular complexity index is 776. The molecule has 0 spiro atoms. The smallest absolute Gasteiger partial charge is 0.117 e. The van der Waals surface area contributed by atoms with E-state index in [9.17, 15) is 0 Å². The number of halogens is 1. The Labute approximate surface area is 155 Å². The molecule has 0 saturated heterocycles. The minimum Gasteiger partial charge on any atom is -0.306 e. The van der Waals surface area contributed by atoms with Crippen LogP contribution in [0.25, 0.3) is 11.3 Å². The molecule has 0 unspecified atom stereocenters. The molecule has 0 amide bonds. The van der Waals surface area contributed by atoms with Gasteiger partial charge in [0.25, 0.3) is 0 Å². The van der Waals surface area contributed by atoms with Crippen molar-refractivity contribution in [2.75, 3.05) is 0 Å². The third-order valence-electron chi connectivity index (χ3n) is 3.73. The van der Waals surface area contributed by atoms with Crippen LogP contribution in [-0.2, 0) is 13.1 Å². The van der Waals surface area contributed by atoms with Crippen molar-refractivity contribution in [1.82, 2.24) is 20.3 Å². The van der Waals surface area contributed by atoms with Crippen LogP contribution in [0.2, 0.25) is 0 Å². The molecular formula is C20H25ClN4. The molecule has 0 saturated carbocycles. The van der Waals surface area contributed by atoms with Crippen molar-refractivity contribution >= 4 is 12.4 Å². The van der Waals surface area contributed by atoms with Gasteiger partial charge in [-0.1, -0.05) is 60.7 Å². The molecule has 2 aromatic carbocycles. The van der Waals surface area contributed by atoms with Crippen molar-refractivity contribution in [2.45, 2.75) is 39.4 Å². The van der Waals surface area contributed by atoms with E-state index >= 15 is 0 Å². The number of nitrogens with zero attached hydrogens (tertiary/aromatic N) is 3. The lowest BCUT2D eigenvalue weighted by molar-refractivity contribution is 0.419. The van der Waals surface area contributed by atoms with E-state index in [-0.39, 0.29) is 17.9 Å². The van der Waals surface area contributed by atoms with Gasteiger partial charge in [-0.05, 0) is 26.3 Å². The average Bonchev–Trinajstić information content (AvgIpc) is 2.97. The highest BCUT2D eigenvalue weighted by Crippen LogP contribution is 2.21. The SMILES string of the molecule is CC(C)(C)NCc1nn(Cc2ccccc2)nc1-c1ccccc1.Cl. The molecule has 5 heteroatoms. The molecule has 0 bridgehead atoms. The molecule has 0 aliphatic carbocycles. The van der Waals surface area contributed by atoms with Crippen LogP contribution in [0.5, 0.6) is 0 Å². The van der Waals surface area contributed by atoms with Gasteiger partial charge < -0.3 is 5.32 Å². The van der Waals surface area contributed by atoms with Gasteiger partial charge in [0.15, 0.2) is 0 Å². The van der Waals surface area contributed by atoms with Crippen molar-refractivity contribution in [3.05, 3.63) is 71.9 Å². The van der Waals surface area contributed by atoms with Gasteiger partial charge in [-0.2, -0.15) is 15.0 Å². The zero-order valence-electron chi connectivity index (χ0n) is 14.9. The summed E-state index contributed by atoms with van der Waals surface area (Å²) in [6, 6.07) is 20.5. The first-order valence-electron chi connectivity index (χ1n) is 8.30. The van der Waals surface area contributed by atoms with Crippen molar-refractivity contribution in [1.29, 1.82) is 0 Å². The standard InChI is InChI=1S/C20H24N4.ClH/c1-20(2,3)21-14-18-19(17-12-8-5-9-13-17)23-24(22-18)15-16-10-6-4-7-11-16;/h4-13,21H,14-15H2,1-3H3;1H. The first-order valence-corrected chi connectivity index (χ1v) is 8.30. The molecule has 132 valence electrons. The Hall–Kier alpha value is -2.17. The molecule has 0 radical (unpaired) electrons. The minimum absolute atomic E-state index is 0.